The molecule has 5 nitrogen and oxygen atoms in total. The highest BCUT2D eigenvalue weighted by atomic mass is 16.3. The summed E-state index contributed by atoms with van der Waals surface area (Å²) in [6.45, 7) is 5.97. The molecule has 1 aromatic carbocycles. The van der Waals surface area contributed by atoms with E-state index in [1.807, 2.05) is 13.8 Å². The molecule has 21 heavy (non-hydrogen) atoms. The summed E-state index contributed by atoms with van der Waals surface area (Å²) in [5.41, 5.74) is 2.38. The number of aliphatic hydroxyl groups excluding tert-OH is 1. The third-order valence-corrected chi connectivity index (χ3v) is 2.66. The van der Waals surface area contributed by atoms with Crippen molar-refractivity contribution in [1.82, 2.24) is 10.6 Å². The number of carbonyl (C=O) groups excluding carboxylic acids is 2. The highest BCUT2D eigenvalue weighted by Crippen LogP contribution is 2.04. The first-order chi connectivity index (χ1) is 9.88. The number of allylic oxidation sites excluding steroid dienone is 1. The monoisotopic (exact) mass is 290 g/mol. The van der Waals surface area contributed by atoms with Crippen LogP contribution in [0.3, 0.4) is 0 Å². The van der Waals surface area contributed by atoms with E-state index in [9.17, 15) is 9.59 Å². The molecule has 1 aromatic rings. The zero-order valence-corrected chi connectivity index (χ0v) is 12.6. The minimum atomic E-state index is -0.571. The molecule has 0 spiro atoms. The van der Waals surface area contributed by atoms with Gasteiger partial charge in [0.15, 0.2) is 0 Å². The summed E-state index contributed by atoms with van der Waals surface area (Å²) >= 11 is 0. The van der Waals surface area contributed by atoms with E-state index in [0.717, 1.165) is 11.1 Å². The molecule has 0 heterocycles. The Labute approximate surface area is 125 Å². The van der Waals surface area contributed by atoms with Crippen LogP contribution in [0.25, 0.3) is 0 Å². The molecule has 0 aliphatic rings. The standard InChI is InChI=1S/C16H22N2O3/c1-11(2)8-15(20)17-10-13-4-6-14(7-5-13)16(21)18-9-12(3)19/h4-8,12,19H,9-10H2,1-3H3,(H,17,20)(H,18,21). The number of amides is 2. The summed E-state index contributed by atoms with van der Waals surface area (Å²) in [6, 6.07) is 6.97. The molecular formula is C16H22N2O3. The maximum absolute atomic E-state index is 11.7. The van der Waals surface area contributed by atoms with Gasteiger partial charge in [0.2, 0.25) is 5.91 Å². The molecule has 2 amide bonds. The number of carbonyl (C=O) groups is 2. The van der Waals surface area contributed by atoms with Gasteiger partial charge in [0, 0.05) is 24.7 Å². The summed E-state index contributed by atoms with van der Waals surface area (Å²) in [7, 11) is 0. The summed E-state index contributed by atoms with van der Waals surface area (Å²) in [4.78, 5) is 23.2. The van der Waals surface area contributed by atoms with Gasteiger partial charge in [0.05, 0.1) is 6.10 Å². The molecule has 0 saturated carbocycles. The predicted octanol–water partition coefficient (Wildman–Crippen LogP) is 1.38. The molecule has 0 bridgehead atoms. The number of rotatable bonds is 6. The highest BCUT2D eigenvalue weighted by molar-refractivity contribution is 5.94. The SMILES string of the molecule is CC(C)=CC(=O)NCc1ccc(C(=O)NCC(C)O)cc1. The molecular weight excluding hydrogens is 268 g/mol. The zero-order valence-electron chi connectivity index (χ0n) is 12.6. The first-order valence-electron chi connectivity index (χ1n) is 6.86. The van der Waals surface area contributed by atoms with Crippen LogP contribution in [0.4, 0.5) is 0 Å². The predicted molar refractivity (Wildman–Crippen MR) is 81.7 cm³/mol. The van der Waals surface area contributed by atoms with Crippen molar-refractivity contribution in [3.05, 3.63) is 47.0 Å². The third-order valence-electron chi connectivity index (χ3n) is 2.66. The second-order valence-electron chi connectivity index (χ2n) is 5.20. The Kier molecular flexibility index (Phi) is 6.62. The first-order valence-corrected chi connectivity index (χ1v) is 6.86. The lowest BCUT2D eigenvalue weighted by Gasteiger charge is -2.08. The lowest BCUT2D eigenvalue weighted by atomic mass is 10.1. The maximum atomic E-state index is 11.7. The van der Waals surface area contributed by atoms with Crippen molar-refractivity contribution in [3.8, 4) is 0 Å². The van der Waals surface area contributed by atoms with Gasteiger partial charge in [-0.3, -0.25) is 9.59 Å². The lowest BCUT2D eigenvalue weighted by Crippen LogP contribution is -2.30. The molecule has 3 N–H and O–H groups in total. The van der Waals surface area contributed by atoms with Crippen molar-refractivity contribution in [2.24, 2.45) is 0 Å². The van der Waals surface area contributed by atoms with Crippen LogP contribution in [0, 0.1) is 0 Å². The van der Waals surface area contributed by atoms with Gasteiger partial charge in [-0.2, -0.15) is 0 Å². The van der Waals surface area contributed by atoms with Crippen molar-refractivity contribution < 1.29 is 14.7 Å². The van der Waals surface area contributed by atoms with Crippen LogP contribution >= 0.6 is 0 Å². The fourth-order valence-electron chi connectivity index (χ4n) is 1.62. The Balaban J connectivity index is 2.52. The number of benzene rings is 1. The molecule has 1 unspecified atom stereocenters. The molecule has 0 radical (unpaired) electrons. The van der Waals surface area contributed by atoms with E-state index in [1.165, 1.54) is 6.08 Å². The topological polar surface area (TPSA) is 78.4 Å². The minimum Gasteiger partial charge on any atom is -0.392 e. The summed E-state index contributed by atoms with van der Waals surface area (Å²) < 4.78 is 0. The Morgan fingerprint density at radius 2 is 1.81 bits per heavy atom. The minimum absolute atomic E-state index is 0.131. The van der Waals surface area contributed by atoms with E-state index < -0.39 is 6.10 Å². The van der Waals surface area contributed by atoms with Crippen molar-refractivity contribution in [1.29, 1.82) is 0 Å². The van der Waals surface area contributed by atoms with Crippen LogP contribution in [0.5, 0.6) is 0 Å². The van der Waals surface area contributed by atoms with Gasteiger partial charge in [-0.15, -0.1) is 0 Å². The Bertz CT molecular complexity index is 515. The summed E-state index contributed by atoms with van der Waals surface area (Å²) in [5, 5.41) is 14.5. The largest absolute Gasteiger partial charge is 0.392 e. The van der Waals surface area contributed by atoms with Gasteiger partial charge in [-0.05, 0) is 38.5 Å². The van der Waals surface area contributed by atoms with Gasteiger partial charge in [0.25, 0.3) is 5.91 Å². The number of aliphatic hydroxyl groups is 1. The molecule has 5 heteroatoms. The van der Waals surface area contributed by atoms with E-state index in [1.54, 1.807) is 31.2 Å². The van der Waals surface area contributed by atoms with E-state index in [4.69, 9.17) is 5.11 Å². The van der Waals surface area contributed by atoms with Crippen molar-refractivity contribution in [2.45, 2.75) is 33.4 Å². The van der Waals surface area contributed by atoms with Crippen molar-refractivity contribution in [3.63, 3.8) is 0 Å². The molecule has 0 aliphatic heterocycles. The molecule has 1 rings (SSSR count). The Morgan fingerprint density at radius 1 is 1.19 bits per heavy atom. The van der Waals surface area contributed by atoms with Crippen molar-refractivity contribution >= 4 is 11.8 Å². The van der Waals surface area contributed by atoms with E-state index >= 15 is 0 Å². The normalized spacial score (nSPS) is 11.4. The van der Waals surface area contributed by atoms with E-state index in [2.05, 4.69) is 10.6 Å². The number of hydrogen-bond donors (Lipinski definition) is 3. The average Bonchev–Trinajstić information content (AvgIpc) is 2.42. The zero-order chi connectivity index (χ0) is 15.8. The van der Waals surface area contributed by atoms with Crippen LogP contribution in [-0.4, -0.2) is 29.6 Å². The van der Waals surface area contributed by atoms with E-state index in [-0.39, 0.29) is 18.4 Å². The van der Waals surface area contributed by atoms with Crippen LogP contribution in [-0.2, 0) is 11.3 Å². The summed E-state index contributed by atoms with van der Waals surface area (Å²) in [6.07, 6.45) is 0.969. The van der Waals surface area contributed by atoms with Gasteiger partial charge in [0.1, 0.15) is 0 Å². The van der Waals surface area contributed by atoms with Crippen LogP contribution < -0.4 is 10.6 Å². The second-order valence-corrected chi connectivity index (χ2v) is 5.20. The number of nitrogens with one attached hydrogen (secondary N) is 2. The quantitative estimate of drug-likeness (QED) is 0.693. The molecule has 1 atom stereocenters. The fourth-order valence-corrected chi connectivity index (χ4v) is 1.62. The number of hydrogen-bond acceptors (Lipinski definition) is 3. The molecule has 0 fully saturated rings. The van der Waals surface area contributed by atoms with Gasteiger partial charge in [-0.25, -0.2) is 0 Å². The van der Waals surface area contributed by atoms with Crippen LogP contribution in [0.1, 0.15) is 36.7 Å². The second kappa shape index (κ2) is 8.21. The summed E-state index contributed by atoms with van der Waals surface area (Å²) in [5.74, 6) is -0.357. The van der Waals surface area contributed by atoms with Crippen LogP contribution in [0.15, 0.2) is 35.9 Å². The average molecular weight is 290 g/mol. The first kappa shape index (κ1) is 16.9. The fraction of sp³-hybridized carbons (Fsp3) is 0.375. The molecule has 0 aromatic heterocycles. The molecule has 114 valence electrons. The van der Waals surface area contributed by atoms with Crippen LogP contribution in [0.2, 0.25) is 0 Å². The molecule has 0 saturated heterocycles. The van der Waals surface area contributed by atoms with Gasteiger partial charge in [-0.1, -0.05) is 17.7 Å². The highest BCUT2D eigenvalue weighted by Gasteiger charge is 2.06. The lowest BCUT2D eigenvalue weighted by molar-refractivity contribution is -0.116. The third kappa shape index (κ3) is 6.72. The smallest absolute Gasteiger partial charge is 0.251 e. The van der Waals surface area contributed by atoms with E-state index in [0.29, 0.717) is 12.1 Å². The van der Waals surface area contributed by atoms with Crippen molar-refractivity contribution in [2.75, 3.05) is 6.54 Å². The van der Waals surface area contributed by atoms with Gasteiger partial charge < -0.3 is 15.7 Å². The Morgan fingerprint density at radius 3 is 2.33 bits per heavy atom. The molecule has 0 aliphatic carbocycles. The Hall–Kier alpha value is -2.14. The maximum Gasteiger partial charge on any atom is 0.251 e. The van der Waals surface area contributed by atoms with Gasteiger partial charge >= 0.3 is 0 Å².